The van der Waals surface area contributed by atoms with Gasteiger partial charge in [0.2, 0.25) is 15.9 Å². The van der Waals surface area contributed by atoms with Crippen molar-refractivity contribution in [2.75, 3.05) is 5.32 Å². The molecule has 3 aromatic rings. The van der Waals surface area contributed by atoms with Crippen LogP contribution in [0.2, 0.25) is 0 Å². The molecule has 2 aromatic heterocycles. The average Bonchev–Trinajstić information content (AvgIpc) is 3.25. The van der Waals surface area contributed by atoms with Gasteiger partial charge in [-0.15, -0.1) is 10.2 Å². The second-order valence-corrected chi connectivity index (χ2v) is 8.02. The van der Waals surface area contributed by atoms with Gasteiger partial charge >= 0.3 is 0 Å². The minimum absolute atomic E-state index is 0.0331. The van der Waals surface area contributed by atoms with Gasteiger partial charge in [-0.2, -0.15) is 0 Å². The number of amides is 1. The lowest BCUT2D eigenvalue weighted by atomic mass is 10.3. The monoisotopic (exact) mass is 394 g/mol. The Morgan fingerprint density at radius 3 is 2.58 bits per heavy atom. The number of sulfonamides is 1. The second kappa shape index (κ2) is 7.32. The molecule has 1 atom stereocenters. The molecule has 11 heteroatoms. The van der Waals surface area contributed by atoms with Crippen LogP contribution in [0.5, 0.6) is 0 Å². The Kier molecular flexibility index (Phi) is 5.11. The molecule has 0 unspecified atom stereocenters. The van der Waals surface area contributed by atoms with E-state index in [-0.39, 0.29) is 21.9 Å². The van der Waals surface area contributed by atoms with Crippen molar-refractivity contribution in [1.82, 2.24) is 10.2 Å². The van der Waals surface area contributed by atoms with Gasteiger partial charge in [0, 0.05) is 5.69 Å². The zero-order valence-electron chi connectivity index (χ0n) is 13.4. The summed E-state index contributed by atoms with van der Waals surface area (Å²) in [6.07, 6.45) is 1.49. The van der Waals surface area contributed by atoms with Crippen LogP contribution in [0.25, 0.3) is 11.7 Å². The van der Waals surface area contributed by atoms with E-state index in [9.17, 15) is 13.2 Å². The van der Waals surface area contributed by atoms with Gasteiger partial charge in [0.25, 0.3) is 11.1 Å². The number of anilines is 1. The normalized spacial score (nSPS) is 12.7. The number of hydrogen-bond donors (Lipinski definition) is 2. The van der Waals surface area contributed by atoms with Crippen molar-refractivity contribution >= 4 is 33.4 Å². The summed E-state index contributed by atoms with van der Waals surface area (Å²) < 4.78 is 33.0. The maximum absolute atomic E-state index is 12.3. The summed E-state index contributed by atoms with van der Waals surface area (Å²) >= 11 is 1.09. The van der Waals surface area contributed by atoms with Gasteiger partial charge in [-0.25, -0.2) is 13.6 Å². The van der Waals surface area contributed by atoms with E-state index < -0.39 is 15.3 Å². The molecule has 0 spiro atoms. The molecule has 0 saturated carbocycles. The van der Waals surface area contributed by atoms with E-state index in [4.69, 9.17) is 14.0 Å². The average molecular weight is 394 g/mol. The number of carbonyl (C=O) groups excluding carboxylic acids is 1. The zero-order valence-corrected chi connectivity index (χ0v) is 15.1. The topological polar surface area (TPSA) is 141 Å². The third kappa shape index (κ3) is 4.31. The first-order chi connectivity index (χ1) is 12.3. The summed E-state index contributed by atoms with van der Waals surface area (Å²) in [6, 6.07) is 8.92. The molecule has 1 amide bonds. The molecule has 0 bridgehead atoms. The number of primary sulfonamides is 1. The molecule has 1 aromatic carbocycles. The van der Waals surface area contributed by atoms with Crippen LogP contribution < -0.4 is 10.5 Å². The number of rotatable bonds is 6. The van der Waals surface area contributed by atoms with Gasteiger partial charge in [-0.1, -0.05) is 11.8 Å². The van der Waals surface area contributed by atoms with Crippen molar-refractivity contribution < 1.29 is 22.0 Å². The van der Waals surface area contributed by atoms with E-state index in [1.165, 1.54) is 30.5 Å². The largest absolute Gasteiger partial charge is 0.459 e. The van der Waals surface area contributed by atoms with Crippen LogP contribution in [-0.2, 0) is 14.8 Å². The van der Waals surface area contributed by atoms with E-state index in [1.54, 1.807) is 19.1 Å². The Labute approximate surface area is 153 Å². The molecule has 26 heavy (non-hydrogen) atoms. The predicted molar refractivity (Wildman–Crippen MR) is 93.8 cm³/mol. The lowest BCUT2D eigenvalue weighted by Crippen LogP contribution is -2.22. The molecule has 3 N–H and O–H groups in total. The van der Waals surface area contributed by atoms with Crippen molar-refractivity contribution in [1.29, 1.82) is 0 Å². The van der Waals surface area contributed by atoms with Crippen LogP contribution >= 0.6 is 11.8 Å². The maximum atomic E-state index is 12.3. The summed E-state index contributed by atoms with van der Waals surface area (Å²) in [7, 11) is -3.77. The highest BCUT2D eigenvalue weighted by Gasteiger charge is 2.19. The maximum Gasteiger partial charge on any atom is 0.284 e. The number of aromatic nitrogens is 2. The fourth-order valence-electron chi connectivity index (χ4n) is 1.93. The van der Waals surface area contributed by atoms with E-state index in [2.05, 4.69) is 15.5 Å². The Morgan fingerprint density at radius 1 is 1.23 bits per heavy atom. The van der Waals surface area contributed by atoms with E-state index >= 15 is 0 Å². The Hall–Kier alpha value is -2.63. The van der Waals surface area contributed by atoms with E-state index in [0.717, 1.165) is 11.8 Å². The van der Waals surface area contributed by atoms with Crippen molar-refractivity contribution in [3.8, 4) is 11.7 Å². The Balaban J connectivity index is 1.61. The fourth-order valence-corrected chi connectivity index (χ4v) is 3.13. The standard InChI is InChI=1S/C15H14N4O5S2/c1-9(25-15-19-18-14(24-15)12-3-2-8-23-12)13(20)17-10-4-6-11(7-5-10)26(16,21)22/h2-9H,1H3,(H,17,20)(H2,16,21,22)/t9-/m0/s1. The molecule has 0 aliphatic carbocycles. The fraction of sp³-hybridized carbons (Fsp3) is 0.133. The number of nitrogens with two attached hydrogens (primary N) is 1. The second-order valence-electron chi connectivity index (χ2n) is 5.17. The number of benzene rings is 1. The highest BCUT2D eigenvalue weighted by atomic mass is 32.2. The SMILES string of the molecule is C[C@H](Sc1nnc(-c2ccco2)o1)C(=O)Nc1ccc(S(N)(=O)=O)cc1. The van der Waals surface area contributed by atoms with Crippen LogP contribution in [0.15, 0.2) is 61.6 Å². The van der Waals surface area contributed by atoms with Crippen LogP contribution in [0.4, 0.5) is 5.69 Å². The van der Waals surface area contributed by atoms with Gasteiger partial charge in [0.05, 0.1) is 16.4 Å². The molecular formula is C15H14N4O5S2. The lowest BCUT2D eigenvalue weighted by Gasteiger charge is -2.10. The summed E-state index contributed by atoms with van der Waals surface area (Å²) in [6.45, 7) is 1.68. The molecule has 0 aliphatic heterocycles. The van der Waals surface area contributed by atoms with Crippen molar-refractivity contribution in [3.63, 3.8) is 0 Å². The molecule has 0 radical (unpaired) electrons. The lowest BCUT2D eigenvalue weighted by molar-refractivity contribution is -0.115. The van der Waals surface area contributed by atoms with Gasteiger partial charge in [0.15, 0.2) is 5.76 Å². The van der Waals surface area contributed by atoms with Gasteiger partial charge in [-0.05, 0) is 43.3 Å². The van der Waals surface area contributed by atoms with Crippen molar-refractivity contribution in [2.45, 2.75) is 22.3 Å². The summed E-state index contributed by atoms with van der Waals surface area (Å²) in [5, 5.41) is 15.1. The quantitative estimate of drug-likeness (QED) is 0.605. The third-order valence-electron chi connectivity index (χ3n) is 3.24. The molecule has 3 rings (SSSR count). The van der Waals surface area contributed by atoms with Crippen LogP contribution in [0, 0.1) is 0 Å². The number of thioether (sulfide) groups is 1. The Morgan fingerprint density at radius 2 is 1.96 bits per heavy atom. The zero-order chi connectivity index (χ0) is 18.7. The van der Waals surface area contributed by atoms with Crippen molar-refractivity contribution in [2.24, 2.45) is 5.14 Å². The van der Waals surface area contributed by atoms with Gasteiger partial charge in [0.1, 0.15) is 0 Å². The minimum Gasteiger partial charge on any atom is -0.459 e. The van der Waals surface area contributed by atoms with E-state index in [0.29, 0.717) is 11.4 Å². The van der Waals surface area contributed by atoms with Crippen LogP contribution in [-0.4, -0.2) is 29.8 Å². The highest BCUT2D eigenvalue weighted by molar-refractivity contribution is 8.00. The molecule has 9 nitrogen and oxygen atoms in total. The van der Waals surface area contributed by atoms with Crippen LogP contribution in [0.3, 0.4) is 0 Å². The third-order valence-corrected chi connectivity index (χ3v) is 5.10. The summed E-state index contributed by atoms with van der Waals surface area (Å²) in [4.78, 5) is 12.2. The number of hydrogen-bond acceptors (Lipinski definition) is 8. The first-order valence-electron chi connectivity index (χ1n) is 7.31. The molecule has 0 saturated heterocycles. The predicted octanol–water partition coefficient (Wildman–Crippen LogP) is 2.10. The first-order valence-corrected chi connectivity index (χ1v) is 9.73. The molecule has 0 fully saturated rings. The molecule has 2 heterocycles. The molecule has 136 valence electrons. The summed E-state index contributed by atoms with van der Waals surface area (Å²) in [5.74, 6) is 0.358. The molecule has 0 aliphatic rings. The Bertz CT molecular complexity index is 997. The number of carbonyl (C=O) groups is 1. The molecular weight excluding hydrogens is 380 g/mol. The van der Waals surface area contributed by atoms with Crippen LogP contribution in [0.1, 0.15) is 6.92 Å². The van der Waals surface area contributed by atoms with Crippen molar-refractivity contribution in [3.05, 3.63) is 42.7 Å². The van der Waals surface area contributed by atoms with Gasteiger partial charge < -0.3 is 14.2 Å². The summed E-state index contributed by atoms with van der Waals surface area (Å²) in [5.41, 5.74) is 0.441. The smallest absolute Gasteiger partial charge is 0.284 e. The van der Waals surface area contributed by atoms with Gasteiger partial charge in [-0.3, -0.25) is 4.79 Å². The van der Waals surface area contributed by atoms with E-state index in [1.807, 2.05) is 0 Å². The minimum atomic E-state index is -3.77. The number of furan rings is 1. The number of nitrogens with one attached hydrogen (secondary N) is 1. The first kappa shape index (κ1) is 18.2. The number of nitrogens with zero attached hydrogens (tertiary/aromatic N) is 2. The highest BCUT2D eigenvalue weighted by Crippen LogP contribution is 2.27.